The zero-order chi connectivity index (χ0) is 20.4. The number of nitrogens with zero attached hydrogens (tertiary/aromatic N) is 2. The van der Waals surface area contributed by atoms with Gasteiger partial charge < -0.3 is 10.2 Å². The molecule has 2 heterocycles. The minimum atomic E-state index is -0.453. The van der Waals surface area contributed by atoms with Crippen LogP contribution in [-0.4, -0.2) is 53.1 Å². The second-order valence-corrected chi connectivity index (χ2v) is 7.38. The smallest absolute Gasteiger partial charge is 0.262 e. The second-order valence-electron chi connectivity index (χ2n) is 7.38. The molecule has 7 nitrogen and oxygen atoms in total. The van der Waals surface area contributed by atoms with Crippen molar-refractivity contribution in [3.8, 4) is 0 Å². The van der Waals surface area contributed by atoms with Crippen molar-refractivity contribution in [2.75, 3.05) is 19.6 Å². The summed E-state index contributed by atoms with van der Waals surface area (Å²) in [4.78, 5) is 52.0. The number of hydrogen-bond acceptors (Lipinski definition) is 4. The summed E-state index contributed by atoms with van der Waals surface area (Å²) in [5, 5.41) is 2.76. The maximum Gasteiger partial charge on any atom is 0.262 e. The second kappa shape index (κ2) is 7.87. The van der Waals surface area contributed by atoms with Crippen LogP contribution in [0, 0.1) is 5.92 Å². The molecule has 0 bridgehead atoms. The van der Waals surface area contributed by atoms with Crippen molar-refractivity contribution in [3.05, 3.63) is 71.3 Å². The van der Waals surface area contributed by atoms with Crippen molar-refractivity contribution in [2.24, 2.45) is 5.92 Å². The molecule has 1 N–H and O–H groups in total. The van der Waals surface area contributed by atoms with Crippen molar-refractivity contribution < 1.29 is 19.2 Å². The minimum Gasteiger partial charge on any atom is -0.354 e. The Morgan fingerprint density at radius 2 is 1.55 bits per heavy atom. The van der Waals surface area contributed by atoms with Gasteiger partial charge in [0.05, 0.1) is 11.1 Å². The Labute approximate surface area is 168 Å². The maximum atomic E-state index is 12.3. The SMILES string of the molecule is O=C(CN1C(=O)c2ccccc2C1=O)NCC1CC(=O)N(Cc2ccccc2)C1. The number of rotatable bonds is 6. The number of imide groups is 1. The van der Waals surface area contributed by atoms with E-state index < -0.39 is 17.7 Å². The molecule has 4 amide bonds. The molecule has 0 aliphatic carbocycles. The van der Waals surface area contributed by atoms with E-state index in [4.69, 9.17) is 0 Å². The van der Waals surface area contributed by atoms with Crippen molar-refractivity contribution in [1.29, 1.82) is 0 Å². The predicted octanol–water partition coefficient (Wildman–Crippen LogP) is 1.45. The van der Waals surface area contributed by atoms with Crippen LogP contribution in [0.4, 0.5) is 0 Å². The van der Waals surface area contributed by atoms with Crippen LogP contribution >= 0.6 is 0 Å². The molecule has 4 rings (SSSR count). The highest BCUT2D eigenvalue weighted by molar-refractivity contribution is 6.22. The van der Waals surface area contributed by atoms with E-state index in [-0.39, 0.29) is 18.4 Å². The van der Waals surface area contributed by atoms with Gasteiger partial charge in [-0.2, -0.15) is 0 Å². The van der Waals surface area contributed by atoms with E-state index in [1.807, 2.05) is 30.3 Å². The van der Waals surface area contributed by atoms with Crippen LogP contribution in [-0.2, 0) is 16.1 Å². The Kier molecular flexibility index (Phi) is 5.12. The Bertz CT molecular complexity index is 938. The summed E-state index contributed by atoms with van der Waals surface area (Å²) < 4.78 is 0. The topological polar surface area (TPSA) is 86.8 Å². The molecule has 148 valence electrons. The lowest BCUT2D eigenvalue weighted by Gasteiger charge is -2.17. The number of carbonyl (C=O) groups is 4. The fraction of sp³-hybridized carbons (Fsp3) is 0.273. The van der Waals surface area contributed by atoms with E-state index in [0.717, 1.165) is 10.5 Å². The largest absolute Gasteiger partial charge is 0.354 e. The Morgan fingerprint density at radius 3 is 2.21 bits per heavy atom. The summed E-state index contributed by atoms with van der Waals surface area (Å²) in [7, 11) is 0. The number of nitrogens with one attached hydrogen (secondary N) is 1. The molecule has 2 aromatic rings. The zero-order valence-electron chi connectivity index (χ0n) is 15.8. The van der Waals surface area contributed by atoms with Gasteiger partial charge in [0.2, 0.25) is 11.8 Å². The van der Waals surface area contributed by atoms with E-state index in [0.29, 0.717) is 37.2 Å². The van der Waals surface area contributed by atoms with E-state index in [1.54, 1.807) is 29.2 Å². The molecule has 7 heteroatoms. The third-order valence-electron chi connectivity index (χ3n) is 5.28. The van der Waals surface area contributed by atoms with Gasteiger partial charge in [-0.15, -0.1) is 0 Å². The van der Waals surface area contributed by atoms with Gasteiger partial charge in [-0.05, 0) is 17.7 Å². The first-order valence-corrected chi connectivity index (χ1v) is 9.56. The average molecular weight is 391 g/mol. The molecule has 1 unspecified atom stereocenters. The predicted molar refractivity (Wildman–Crippen MR) is 105 cm³/mol. The molecule has 1 fully saturated rings. The lowest BCUT2D eigenvalue weighted by molar-refractivity contribution is -0.128. The van der Waals surface area contributed by atoms with Gasteiger partial charge in [-0.3, -0.25) is 24.1 Å². The molecule has 0 aromatic heterocycles. The van der Waals surface area contributed by atoms with E-state index in [2.05, 4.69) is 5.32 Å². The minimum absolute atomic E-state index is 0.0114. The van der Waals surface area contributed by atoms with Gasteiger partial charge in [0.15, 0.2) is 0 Å². The van der Waals surface area contributed by atoms with Crippen molar-refractivity contribution in [2.45, 2.75) is 13.0 Å². The molecule has 0 saturated carbocycles. The van der Waals surface area contributed by atoms with Gasteiger partial charge >= 0.3 is 0 Å². The molecular weight excluding hydrogens is 370 g/mol. The standard InChI is InChI=1S/C22H21N3O4/c26-19(14-25-21(28)17-8-4-5-9-18(17)22(25)29)23-11-16-10-20(27)24(13-16)12-15-6-2-1-3-7-15/h1-9,16H,10-14H2,(H,23,26). The van der Waals surface area contributed by atoms with E-state index in [9.17, 15) is 19.2 Å². The summed E-state index contributed by atoms with van der Waals surface area (Å²) in [6.07, 6.45) is 0.375. The van der Waals surface area contributed by atoms with E-state index in [1.165, 1.54) is 0 Å². The molecule has 1 atom stereocenters. The fourth-order valence-electron chi connectivity index (χ4n) is 3.79. The van der Waals surface area contributed by atoms with Crippen LogP contribution in [0.1, 0.15) is 32.7 Å². The third-order valence-corrected chi connectivity index (χ3v) is 5.28. The van der Waals surface area contributed by atoms with Gasteiger partial charge in [0.1, 0.15) is 6.54 Å². The van der Waals surface area contributed by atoms with E-state index >= 15 is 0 Å². The molecule has 29 heavy (non-hydrogen) atoms. The molecule has 0 spiro atoms. The van der Waals surface area contributed by atoms with Crippen molar-refractivity contribution >= 4 is 23.6 Å². The molecule has 2 aromatic carbocycles. The van der Waals surface area contributed by atoms with Gasteiger partial charge in [0.25, 0.3) is 11.8 Å². The quantitative estimate of drug-likeness (QED) is 0.755. The van der Waals surface area contributed by atoms with Crippen LogP contribution in [0.25, 0.3) is 0 Å². The number of fused-ring (bicyclic) bond motifs is 1. The fourth-order valence-corrected chi connectivity index (χ4v) is 3.79. The van der Waals surface area contributed by atoms with Gasteiger partial charge in [-0.25, -0.2) is 0 Å². The molecule has 1 saturated heterocycles. The summed E-state index contributed by atoms with van der Waals surface area (Å²) in [5.74, 6) is -1.24. The highest BCUT2D eigenvalue weighted by atomic mass is 16.2. The molecular formula is C22H21N3O4. The average Bonchev–Trinajstić information content (AvgIpc) is 3.20. The lowest BCUT2D eigenvalue weighted by atomic mass is 10.1. The normalized spacial score (nSPS) is 18.3. The summed E-state index contributed by atoms with van der Waals surface area (Å²) in [5.41, 5.74) is 1.71. The lowest BCUT2D eigenvalue weighted by Crippen LogP contribution is -2.42. The Balaban J connectivity index is 1.28. The first-order chi connectivity index (χ1) is 14.0. The first-order valence-electron chi connectivity index (χ1n) is 9.56. The van der Waals surface area contributed by atoms with Crippen LogP contribution in [0.15, 0.2) is 54.6 Å². The number of hydrogen-bond donors (Lipinski definition) is 1. The van der Waals surface area contributed by atoms with Gasteiger partial charge in [0, 0.05) is 32.0 Å². The van der Waals surface area contributed by atoms with Crippen molar-refractivity contribution in [1.82, 2.24) is 15.1 Å². The monoisotopic (exact) mass is 391 g/mol. The zero-order valence-corrected chi connectivity index (χ0v) is 15.8. The summed E-state index contributed by atoms with van der Waals surface area (Å²) in [6, 6.07) is 16.3. The van der Waals surface area contributed by atoms with Crippen LogP contribution in [0.2, 0.25) is 0 Å². The summed E-state index contributed by atoms with van der Waals surface area (Å²) in [6.45, 7) is 1.14. The number of likely N-dealkylation sites (tertiary alicyclic amines) is 1. The van der Waals surface area contributed by atoms with Gasteiger partial charge in [-0.1, -0.05) is 42.5 Å². The highest BCUT2D eigenvalue weighted by Gasteiger charge is 2.36. The van der Waals surface area contributed by atoms with Crippen molar-refractivity contribution in [3.63, 3.8) is 0 Å². The Hall–Kier alpha value is -3.48. The number of benzene rings is 2. The number of carbonyl (C=O) groups excluding carboxylic acids is 4. The summed E-state index contributed by atoms with van der Waals surface area (Å²) >= 11 is 0. The highest BCUT2D eigenvalue weighted by Crippen LogP contribution is 2.22. The first kappa shape index (κ1) is 18.9. The van der Waals surface area contributed by atoms with Crippen LogP contribution < -0.4 is 5.32 Å². The third kappa shape index (κ3) is 3.89. The Morgan fingerprint density at radius 1 is 0.931 bits per heavy atom. The molecule has 2 aliphatic rings. The number of amides is 4. The molecule has 0 radical (unpaired) electrons. The maximum absolute atomic E-state index is 12.3. The van der Waals surface area contributed by atoms with Crippen LogP contribution in [0.3, 0.4) is 0 Å². The molecule has 2 aliphatic heterocycles. The van der Waals surface area contributed by atoms with Crippen LogP contribution in [0.5, 0.6) is 0 Å².